The molecule has 0 fully saturated rings. The summed E-state index contributed by atoms with van der Waals surface area (Å²) in [6, 6.07) is 4.32. The van der Waals surface area contributed by atoms with E-state index in [4.69, 9.17) is 44.8 Å². The summed E-state index contributed by atoms with van der Waals surface area (Å²) in [5.41, 5.74) is 12.7. The van der Waals surface area contributed by atoms with Crippen LogP contribution in [0.4, 0.5) is 10.2 Å². The maximum Gasteiger partial charge on any atom is 0.142 e. The van der Waals surface area contributed by atoms with Crippen LogP contribution in [-0.4, -0.2) is 17.4 Å². The molecule has 0 saturated heterocycles. The molecule has 1 aromatic heterocycles. The average molecular weight is 357 g/mol. The third-order valence-electron chi connectivity index (χ3n) is 3.21. The average Bonchev–Trinajstić information content (AvgIpc) is 2.51. The molecule has 0 radical (unpaired) electrons. The van der Waals surface area contributed by atoms with Gasteiger partial charge in [-0.3, -0.25) is 5.41 Å². The Morgan fingerprint density at radius 2 is 2.09 bits per heavy atom. The van der Waals surface area contributed by atoms with Crippen molar-refractivity contribution < 1.29 is 9.13 Å². The van der Waals surface area contributed by atoms with E-state index in [1.54, 1.807) is 6.07 Å². The Kier molecular flexibility index (Phi) is 5.76. The van der Waals surface area contributed by atoms with Crippen LogP contribution in [0, 0.1) is 11.2 Å². The van der Waals surface area contributed by atoms with Crippen molar-refractivity contribution in [3.63, 3.8) is 0 Å². The molecule has 0 spiro atoms. The maximum atomic E-state index is 13.4. The van der Waals surface area contributed by atoms with Gasteiger partial charge in [-0.1, -0.05) is 23.2 Å². The van der Waals surface area contributed by atoms with Gasteiger partial charge in [-0.25, -0.2) is 9.37 Å². The zero-order valence-corrected chi connectivity index (χ0v) is 13.6. The number of amidine groups is 1. The third-order valence-corrected chi connectivity index (χ3v) is 3.97. The topological polar surface area (TPSA) is 98.0 Å². The van der Waals surface area contributed by atoms with Crippen LogP contribution in [0.2, 0.25) is 10.0 Å². The number of hydrogen-bond donors (Lipinski definition) is 3. The lowest BCUT2D eigenvalue weighted by molar-refractivity contribution is 0.124. The summed E-state index contributed by atoms with van der Waals surface area (Å²) < 4.78 is 18.9. The molecule has 0 aliphatic heterocycles. The number of nitrogens with two attached hydrogens (primary N) is 2. The van der Waals surface area contributed by atoms with Crippen molar-refractivity contribution in [3.05, 3.63) is 56.9 Å². The van der Waals surface area contributed by atoms with Gasteiger partial charge in [0.15, 0.2) is 0 Å². The molecule has 122 valence electrons. The van der Waals surface area contributed by atoms with E-state index in [-0.39, 0.29) is 24.1 Å². The summed E-state index contributed by atoms with van der Waals surface area (Å²) in [4.78, 5) is 3.96. The molecule has 0 aliphatic carbocycles. The van der Waals surface area contributed by atoms with E-state index in [9.17, 15) is 4.39 Å². The van der Waals surface area contributed by atoms with Gasteiger partial charge in [0.2, 0.25) is 0 Å². The van der Waals surface area contributed by atoms with Gasteiger partial charge in [0, 0.05) is 22.3 Å². The standard InChI is InChI=1S/C15H15Cl2FN4O/c16-11-1-2-12(18)13(17)10(11)3-4-23-7-9-5-8(14(19)20)6-22-15(9)21/h1-2,5-6H,3-4,7H2,(H3,19,20)(H2,21,22). The highest BCUT2D eigenvalue weighted by molar-refractivity contribution is 6.36. The highest BCUT2D eigenvalue weighted by Crippen LogP contribution is 2.27. The highest BCUT2D eigenvalue weighted by atomic mass is 35.5. The van der Waals surface area contributed by atoms with E-state index >= 15 is 0 Å². The smallest absolute Gasteiger partial charge is 0.142 e. The second-order valence-corrected chi connectivity index (χ2v) is 5.59. The number of rotatable bonds is 6. The van der Waals surface area contributed by atoms with E-state index in [0.29, 0.717) is 34.0 Å². The molecule has 2 aromatic rings. The van der Waals surface area contributed by atoms with Crippen molar-refractivity contribution in [2.24, 2.45) is 5.73 Å². The van der Waals surface area contributed by atoms with Crippen molar-refractivity contribution >= 4 is 34.9 Å². The summed E-state index contributed by atoms with van der Waals surface area (Å²) in [7, 11) is 0. The minimum atomic E-state index is -0.520. The zero-order valence-electron chi connectivity index (χ0n) is 12.1. The van der Waals surface area contributed by atoms with Crippen LogP contribution >= 0.6 is 23.2 Å². The van der Waals surface area contributed by atoms with Crippen LogP contribution < -0.4 is 11.5 Å². The molecule has 8 heteroatoms. The molecule has 0 bridgehead atoms. The molecular weight excluding hydrogens is 342 g/mol. The summed E-state index contributed by atoms with van der Waals surface area (Å²) in [5, 5.41) is 7.78. The number of anilines is 1. The summed E-state index contributed by atoms with van der Waals surface area (Å²) in [5.74, 6) is -0.317. The number of benzene rings is 1. The second-order valence-electron chi connectivity index (χ2n) is 4.81. The van der Waals surface area contributed by atoms with Gasteiger partial charge in [0.1, 0.15) is 17.5 Å². The Hall–Kier alpha value is -1.89. The van der Waals surface area contributed by atoms with Gasteiger partial charge < -0.3 is 16.2 Å². The second kappa shape index (κ2) is 7.59. The first-order chi connectivity index (χ1) is 10.9. The molecular formula is C15H15Cl2FN4O. The predicted octanol–water partition coefficient (Wildman–Crippen LogP) is 3.15. The molecule has 23 heavy (non-hydrogen) atoms. The quantitative estimate of drug-likeness (QED) is 0.320. The fourth-order valence-electron chi connectivity index (χ4n) is 1.94. The number of pyridine rings is 1. The molecule has 0 atom stereocenters. The zero-order chi connectivity index (χ0) is 17.0. The first kappa shape index (κ1) is 17.5. The molecule has 5 N–H and O–H groups in total. The lowest BCUT2D eigenvalue weighted by Crippen LogP contribution is -2.13. The normalized spacial score (nSPS) is 10.7. The number of ether oxygens (including phenoxy) is 1. The van der Waals surface area contributed by atoms with Crippen LogP contribution in [0.15, 0.2) is 24.4 Å². The number of halogens is 3. The predicted molar refractivity (Wildman–Crippen MR) is 89.4 cm³/mol. The van der Waals surface area contributed by atoms with E-state index in [1.807, 2.05) is 0 Å². The summed E-state index contributed by atoms with van der Waals surface area (Å²) in [6.07, 6.45) is 1.78. The molecule has 2 rings (SSSR count). The summed E-state index contributed by atoms with van der Waals surface area (Å²) in [6.45, 7) is 0.455. The van der Waals surface area contributed by atoms with Crippen molar-refractivity contribution in [2.75, 3.05) is 12.3 Å². The third kappa shape index (κ3) is 4.31. The monoisotopic (exact) mass is 356 g/mol. The van der Waals surface area contributed by atoms with Crippen LogP contribution in [0.3, 0.4) is 0 Å². The van der Waals surface area contributed by atoms with Crippen LogP contribution in [0.25, 0.3) is 0 Å². The Morgan fingerprint density at radius 1 is 1.35 bits per heavy atom. The van der Waals surface area contributed by atoms with Crippen molar-refractivity contribution in [3.8, 4) is 0 Å². The number of nitrogens with one attached hydrogen (secondary N) is 1. The van der Waals surface area contributed by atoms with Gasteiger partial charge in [-0.15, -0.1) is 0 Å². The van der Waals surface area contributed by atoms with Gasteiger partial charge in [0.05, 0.1) is 18.2 Å². The Bertz CT molecular complexity index is 740. The van der Waals surface area contributed by atoms with Gasteiger partial charge in [-0.2, -0.15) is 0 Å². The van der Waals surface area contributed by atoms with E-state index < -0.39 is 5.82 Å². The first-order valence-electron chi connectivity index (χ1n) is 6.69. The lowest BCUT2D eigenvalue weighted by atomic mass is 10.1. The van der Waals surface area contributed by atoms with Gasteiger partial charge in [-0.05, 0) is 30.2 Å². The Balaban J connectivity index is 1.98. The molecule has 0 saturated carbocycles. The minimum Gasteiger partial charge on any atom is -0.384 e. The molecule has 1 aromatic carbocycles. The van der Waals surface area contributed by atoms with Gasteiger partial charge >= 0.3 is 0 Å². The highest BCUT2D eigenvalue weighted by Gasteiger charge is 2.11. The maximum absolute atomic E-state index is 13.4. The summed E-state index contributed by atoms with van der Waals surface area (Å²) >= 11 is 11.9. The van der Waals surface area contributed by atoms with E-state index in [2.05, 4.69) is 4.98 Å². The van der Waals surface area contributed by atoms with Crippen LogP contribution in [-0.2, 0) is 17.8 Å². The molecule has 5 nitrogen and oxygen atoms in total. The number of hydrogen-bond acceptors (Lipinski definition) is 4. The number of nitrogens with zero attached hydrogens (tertiary/aromatic N) is 1. The Labute approximate surface area is 142 Å². The minimum absolute atomic E-state index is 0.000794. The van der Waals surface area contributed by atoms with Crippen LogP contribution in [0.5, 0.6) is 0 Å². The van der Waals surface area contributed by atoms with Crippen molar-refractivity contribution in [1.82, 2.24) is 4.98 Å². The first-order valence-corrected chi connectivity index (χ1v) is 7.44. The van der Waals surface area contributed by atoms with Crippen LogP contribution in [0.1, 0.15) is 16.7 Å². The number of aromatic nitrogens is 1. The van der Waals surface area contributed by atoms with Crippen molar-refractivity contribution in [1.29, 1.82) is 5.41 Å². The fraction of sp³-hybridized carbons (Fsp3) is 0.200. The van der Waals surface area contributed by atoms with Crippen molar-refractivity contribution in [2.45, 2.75) is 13.0 Å². The molecule has 1 heterocycles. The van der Waals surface area contributed by atoms with E-state index in [1.165, 1.54) is 18.3 Å². The Morgan fingerprint density at radius 3 is 2.78 bits per heavy atom. The largest absolute Gasteiger partial charge is 0.384 e. The SMILES string of the molecule is N=C(N)c1cnc(N)c(COCCc2c(Cl)ccc(F)c2Cl)c1. The van der Waals surface area contributed by atoms with Gasteiger partial charge in [0.25, 0.3) is 0 Å². The fourth-order valence-corrected chi connectivity index (χ4v) is 2.50. The molecule has 0 amide bonds. The lowest BCUT2D eigenvalue weighted by Gasteiger charge is -2.10. The molecule has 0 aliphatic rings. The number of nitrogen functional groups attached to an aromatic ring is 2. The van der Waals surface area contributed by atoms with E-state index in [0.717, 1.165) is 0 Å². The molecule has 0 unspecified atom stereocenters.